The number of carbonyl (C=O) groups excluding carboxylic acids is 1. The molecule has 0 bridgehead atoms. The first kappa shape index (κ1) is 17.7. The van der Waals surface area contributed by atoms with E-state index in [-0.39, 0.29) is 35.1 Å². The van der Waals surface area contributed by atoms with Crippen molar-refractivity contribution in [2.24, 2.45) is 0 Å². The molecular formula is C13H19ClN2O4S. The van der Waals surface area contributed by atoms with Crippen LogP contribution in [0, 0.1) is 0 Å². The van der Waals surface area contributed by atoms with Crippen molar-refractivity contribution in [3.63, 3.8) is 0 Å². The molecule has 0 aliphatic rings. The molecule has 0 saturated heterocycles. The third-order valence-corrected chi connectivity index (χ3v) is 3.92. The molecule has 0 radical (unpaired) electrons. The summed E-state index contributed by atoms with van der Waals surface area (Å²) in [5, 5.41) is 2.81. The molecule has 6 nitrogen and oxygen atoms in total. The van der Waals surface area contributed by atoms with E-state index in [1.807, 2.05) is 13.8 Å². The average Bonchev–Trinajstić information content (AvgIpc) is 2.31. The second kappa shape index (κ2) is 7.63. The Hall–Kier alpha value is -1.31. The lowest BCUT2D eigenvalue weighted by atomic mass is 10.3. The van der Waals surface area contributed by atoms with Crippen LogP contribution in [0.3, 0.4) is 0 Å². The molecule has 0 aromatic heterocycles. The molecule has 0 heterocycles. The monoisotopic (exact) mass is 334 g/mol. The first-order chi connectivity index (χ1) is 9.69. The number of amides is 1. The minimum absolute atomic E-state index is 0.0353. The zero-order chi connectivity index (χ0) is 16.0. The lowest BCUT2D eigenvalue weighted by Gasteiger charge is -2.12. The minimum Gasteiger partial charge on any atom is -0.378 e. The van der Waals surface area contributed by atoms with E-state index in [1.165, 1.54) is 19.1 Å². The molecule has 1 aromatic carbocycles. The predicted octanol–water partition coefficient (Wildman–Crippen LogP) is 2.47. The predicted molar refractivity (Wildman–Crippen MR) is 84.3 cm³/mol. The van der Waals surface area contributed by atoms with Crippen molar-refractivity contribution in [1.82, 2.24) is 0 Å². The third-order valence-electron chi connectivity index (χ3n) is 2.36. The molecule has 2 N–H and O–H groups in total. The van der Waals surface area contributed by atoms with Crippen molar-refractivity contribution in [3.8, 4) is 0 Å². The Labute approximate surface area is 129 Å². The fourth-order valence-electron chi connectivity index (χ4n) is 1.50. The summed E-state index contributed by atoms with van der Waals surface area (Å²) in [6.45, 7) is 5.11. The summed E-state index contributed by atoms with van der Waals surface area (Å²) in [6.07, 6.45) is -0.0353. The number of hydrogen-bond donors (Lipinski definition) is 2. The summed E-state index contributed by atoms with van der Waals surface area (Å²) >= 11 is 5.95. The van der Waals surface area contributed by atoms with Crippen molar-refractivity contribution in [2.75, 3.05) is 22.4 Å². The number of sulfonamides is 1. The Morgan fingerprint density at radius 2 is 2.05 bits per heavy atom. The molecule has 1 amide bonds. The lowest BCUT2D eigenvalue weighted by molar-refractivity contribution is -0.114. The van der Waals surface area contributed by atoms with Crippen LogP contribution in [-0.4, -0.2) is 32.8 Å². The van der Waals surface area contributed by atoms with Gasteiger partial charge in [-0.1, -0.05) is 11.6 Å². The van der Waals surface area contributed by atoms with Gasteiger partial charge in [-0.15, -0.1) is 0 Å². The lowest BCUT2D eigenvalue weighted by Crippen LogP contribution is -2.21. The van der Waals surface area contributed by atoms with E-state index in [0.717, 1.165) is 0 Å². The largest absolute Gasteiger partial charge is 0.378 e. The van der Waals surface area contributed by atoms with Gasteiger partial charge < -0.3 is 10.1 Å². The van der Waals surface area contributed by atoms with Crippen molar-refractivity contribution in [2.45, 2.75) is 26.9 Å². The zero-order valence-electron chi connectivity index (χ0n) is 12.1. The third kappa shape index (κ3) is 6.79. The van der Waals surface area contributed by atoms with Crippen LogP contribution in [0.2, 0.25) is 5.02 Å². The highest BCUT2D eigenvalue weighted by molar-refractivity contribution is 7.92. The van der Waals surface area contributed by atoms with E-state index in [0.29, 0.717) is 5.69 Å². The smallest absolute Gasteiger partial charge is 0.235 e. The minimum atomic E-state index is -3.57. The average molecular weight is 335 g/mol. The maximum absolute atomic E-state index is 11.9. The zero-order valence-corrected chi connectivity index (χ0v) is 13.7. The van der Waals surface area contributed by atoms with Gasteiger partial charge in [0.1, 0.15) is 0 Å². The first-order valence-corrected chi connectivity index (χ1v) is 8.42. The highest BCUT2D eigenvalue weighted by atomic mass is 35.5. The van der Waals surface area contributed by atoms with Gasteiger partial charge in [-0.3, -0.25) is 9.52 Å². The number of ether oxygens (including phenoxy) is 1. The topological polar surface area (TPSA) is 84.5 Å². The van der Waals surface area contributed by atoms with Gasteiger partial charge in [0.2, 0.25) is 15.9 Å². The molecule has 0 atom stereocenters. The summed E-state index contributed by atoms with van der Waals surface area (Å²) in [7, 11) is -3.57. The number of nitrogens with one attached hydrogen (secondary N) is 2. The summed E-state index contributed by atoms with van der Waals surface area (Å²) in [5.41, 5.74) is 0.676. The van der Waals surface area contributed by atoms with Gasteiger partial charge in [-0.2, -0.15) is 0 Å². The molecule has 1 aromatic rings. The Morgan fingerprint density at radius 3 is 2.62 bits per heavy atom. The summed E-state index contributed by atoms with van der Waals surface area (Å²) in [4.78, 5) is 11.0. The van der Waals surface area contributed by atoms with E-state index in [4.69, 9.17) is 16.3 Å². The van der Waals surface area contributed by atoms with E-state index < -0.39 is 10.0 Å². The SMILES string of the molecule is CC(=O)Nc1ccc(Cl)c(NS(=O)(=O)CCOC(C)C)c1. The van der Waals surface area contributed by atoms with E-state index >= 15 is 0 Å². The fourth-order valence-corrected chi connectivity index (χ4v) is 2.64. The maximum atomic E-state index is 11.9. The summed E-state index contributed by atoms with van der Waals surface area (Å²) in [6, 6.07) is 4.56. The van der Waals surface area contributed by atoms with Crippen LogP contribution < -0.4 is 10.0 Å². The Balaban J connectivity index is 2.78. The van der Waals surface area contributed by atoms with Crippen molar-refractivity contribution in [3.05, 3.63) is 23.2 Å². The van der Waals surface area contributed by atoms with Crippen molar-refractivity contribution >= 4 is 38.9 Å². The normalized spacial score (nSPS) is 11.5. The van der Waals surface area contributed by atoms with Crippen LogP contribution in [0.15, 0.2) is 18.2 Å². The standard InChI is InChI=1S/C13H19ClN2O4S/c1-9(2)20-6-7-21(18,19)16-13-8-11(15-10(3)17)4-5-12(13)14/h4-5,8-9,16H,6-7H2,1-3H3,(H,15,17). The van der Waals surface area contributed by atoms with Crippen LogP contribution in [0.25, 0.3) is 0 Å². The van der Waals surface area contributed by atoms with Gasteiger partial charge in [0, 0.05) is 12.6 Å². The number of benzene rings is 1. The van der Waals surface area contributed by atoms with Crippen molar-refractivity contribution < 1.29 is 17.9 Å². The van der Waals surface area contributed by atoms with Gasteiger partial charge in [-0.25, -0.2) is 8.42 Å². The Kier molecular flexibility index (Phi) is 6.44. The van der Waals surface area contributed by atoms with Gasteiger partial charge in [0.25, 0.3) is 0 Å². The van der Waals surface area contributed by atoms with Crippen molar-refractivity contribution in [1.29, 1.82) is 0 Å². The molecule has 0 aliphatic carbocycles. The summed E-state index contributed by atoms with van der Waals surface area (Å²) in [5.74, 6) is -0.428. The van der Waals surface area contributed by atoms with E-state index in [1.54, 1.807) is 6.07 Å². The van der Waals surface area contributed by atoms with Crippen LogP contribution in [0.1, 0.15) is 20.8 Å². The summed E-state index contributed by atoms with van der Waals surface area (Å²) < 4.78 is 31.5. The maximum Gasteiger partial charge on any atom is 0.235 e. The van der Waals surface area contributed by atoms with Gasteiger partial charge in [0.05, 0.1) is 29.2 Å². The number of hydrogen-bond acceptors (Lipinski definition) is 4. The van der Waals surface area contributed by atoms with Crippen LogP contribution in [0.4, 0.5) is 11.4 Å². The Morgan fingerprint density at radius 1 is 1.38 bits per heavy atom. The molecule has 0 spiro atoms. The molecular weight excluding hydrogens is 316 g/mol. The molecule has 0 saturated carbocycles. The second-order valence-electron chi connectivity index (χ2n) is 4.72. The number of carbonyl (C=O) groups is 1. The molecule has 0 fully saturated rings. The van der Waals surface area contributed by atoms with E-state index in [2.05, 4.69) is 10.0 Å². The molecule has 0 unspecified atom stereocenters. The first-order valence-electron chi connectivity index (χ1n) is 6.39. The quantitative estimate of drug-likeness (QED) is 0.802. The molecule has 8 heteroatoms. The van der Waals surface area contributed by atoms with E-state index in [9.17, 15) is 13.2 Å². The highest BCUT2D eigenvalue weighted by Crippen LogP contribution is 2.26. The fraction of sp³-hybridized carbons (Fsp3) is 0.462. The second-order valence-corrected chi connectivity index (χ2v) is 6.97. The molecule has 118 valence electrons. The molecule has 1 rings (SSSR count). The van der Waals surface area contributed by atoms with Gasteiger partial charge in [0.15, 0.2) is 0 Å². The van der Waals surface area contributed by atoms with Crippen LogP contribution >= 0.6 is 11.6 Å². The van der Waals surface area contributed by atoms with Gasteiger partial charge in [-0.05, 0) is 32.0 Å². The number of rotatable bonds is 7. The molecule has 0 aliphatic heterocycles. The number of halogens is 1. The number of anilines is 2. The van der Waals surface area contributed by atoms with Crippen LogP contribution in [0.5, 0.6) is 0 Å². The van der Waals surface area contributed by atoms with Crippen LogP contribution in [-0.2, 0) is 19.6 Å². The Bertz CT molecular complexity index is 602. The van der Waals surface area contributed by atoms with Gasteiger partial charge >= 0.3 is 0 Å². The highest BCUT2D eigenvalue weighted by Gasteiger charge is 2.13. The molecule has 21 heavy (non-hydrogen) atoms.